The van der Waals surface area contributed by atoms with Gasteiger partial charge >= 0.3 is 0 Å². The Morgan fingerprint density at radius 3 is 2.14 bits per heavy atom. The number of hydrogen-bond donors (Lipinski definition) is 0. The molecule has 0 N–H and O–H groups in total. The van der Waals surface area contributed by atoms with Crippen LogP contribution in [0.5, 0.6) is 0 Å². The number of alkyl halides is 1. The van der Waals surface area contributed by atoms with Crippen LogP contribution in [-0.4, -0.2) is 3.92 Å². The Balaban J connectivity index is 2.20. The maximum Gasteiger partial charge on any atom is 0.0112 e. The average molecular weight is 210 g/mol. The average Bonchev–Trinajstić information content (AvgIpc) is 2.17. The van der Waals surface area contributed by atoms with Crippen LogP contribution in [-0.2, 0) is 0 Å². The predicted molar refractivity (Wildman–Crippen MR) is 40.8 cm³/mol. The first-order valence-corrected chi connectivity index (χ1v) is 4.10. The molecule has 1 rings (SSSR count). The van der Waals surface area contributed by atoms with Gasteiger partial charge in [0, 0.05) is 3.92 Å². The predicted octanol–water partition coefficient (Wildman–Crippen LogP) is 2.47. The van der Waals surface area contributed by atoms with E-state index < -0.39 is 0 Å². The molecule has 1 fully saturated rings. The Hall–Kier alpha value is 0.730. The van der Waals surface area contributed by atoms with Crippen LogP contribution in [0.1, 0.15) is 20.3 Å². The van der Waals surface area contributed by atoms with E-state index >= 15 is 0 Å². The second kappa shape index (κ2) is 1.92. The summed E-state index contributed by atoms with van der Waals surface area (Å²) in [5.41, 5.74) is 0. The first-order valence-electron chi connectivity index (χ1n) is 2.86. The molecule has 0 heterocycles. The smallest absolute Gasteiger partial charge is 0.0112 e. The summed E-state index contributed by atoms with van der Waals surface area (Å²) in [4.78, 5) is 0. The lowest BCUT2D eigenvalue weighted by Crippen LogP contribution is -1.92. The maximum atomic E-state index is 2.51. The van der Waals surface area contributed by atoms with E-state index in [1.807, 2.05) is 0 Å². The van der Waals surface area contributed by atoms with Crippen molar-refractivity contribution in [3.8, 4) is 0 Å². The molecule has 0 aromatic heterocycles. The fourth-order valence-electron chi connectivity index (χ4n) is 0.991. The second-order valence-corrected chi connectivity index (χ2v) is 4.52. The van der Waals surface area contributed by atoms with E-state index in [0.29, 0.717) is 0 Å². The third kappa shape index (κ3) is 1.31. The molecule has 3 atom stereocenters. The van der Waals surface area contributed by atoms with Gasteiger partial charge in [0.2, 0.25) is 0 Å². The lowest BCUT2D eigenvalue weighted by atomic mass is 10.3. The molecule has 42 valence electrons. The van der Waals surface area contributed by atoms with E-state index in [1.54, 1.807) is 0 Å². The number of hydrogen-bond acceptors (Lipinski definition) is 0. The topological polar surface area (TPSA) is 0 Å². The molecule has 0 aromatic carbocycles. The highest BCUT2D eigenvalue weighted by Gasteiger charge is 2.35. The summed E-state index contributed by atoms with van der Waals surface area (Å²) in [5, 5.41) is 0. The van der Waals surface area contributed by atoms with Crippen LogP contribution in [0.3, 0.4) is 0 Å². The largest absolute Gasteiger partial charge is 0.0826 e. The van der Waals surface area contributed by atoms with Crippen LogP contribution in [0.4, 0.5) is 0 Å². The summed E-state index contributed by atoms with van der Waals surface area (Å²) < 4.78 is 0.910. The fourth-order valence-corrected chi connectivity index (χ4v) is 1.99. The normalized spacial score (nSPS) is 43.3. The molecule has 0 amide bonds. The summed E-state index contributed by atoms with van der Waals surface area (Å²) in [6.07, 6.45) is 1.48. The van der Waals surface area contributed by atoms with Crippen molar-refractivity contribution >= 4 is 22.6 Å². The summed E-state index contributed by atoms with van der Waals surface area (Å²) >= 11 is 2.51. The zero-order valence-electron chi connectivity index (χ0n) is 4.82. The van der Waals surface area contributed by atoms with Gasteiger partial charge in [0.1, 0.15) is 0 Å². The van der Waals surface area contributed by atoms with Gasteiger partial charge in [0.05, 0.1) is 0 Å². The molecular weight excluding hydrogens is 199 g/mol. The van der Waals surface area contributed by atoms with Crippen LogP contribution in [0, 0.1) is 11.8 Å². The van der Waals surface area contributed by atoms with Crippen LogP contribution < -0.4 is 0 Å². The number of halogens is 1. The zero-order valence-corrected chi connectivity index (χ0v) is 6.97. The van der Waals surface area contributed by atoms with Crippen molar-refractivity contribution in [3.05, 3.63) is 0 Å². The van der Waals surface area contributed by atoms with E-state index in [4.69, 9.17) is 0 Å². The summed E-state index contributed by atoms with van der Waals surface area (Å²) in [6, 6.07) is 0. The first-order chi connectivity index (χ1) is 3.22. The molecule has 0 bridgehead atoms. The summed E-state index contributed by atoms with van der Waals surface area (Å²) in [6.45, 7) is 4.63. The molecule has 0 saturated heterocycles. The minimum atomic E-state index is 0.910. The fraction of sp³-hybridized carbons (Fsp3) is 1.00. The van der Waals surface area contributed by atoms with Crippen LogP contribution >= 0.6 is 22.6 Å². The van der Waals surface area contributed by atoms with Gasteiger partial charge in [-0.1, -0.05) is 36.4 Å². The van der Waals surface area contributed by atoms with Crippen molar-refractivity contribution in [2.75, 3.05) is 0 Å². The molecule has 0 aromatic rings. The molecule has 7 heavy (non-hydrogen) atoms. The third-order valence-corrected chi connectivity index (χ3v) is 2.69. The monoisotopic (exact) mass is 210 g/mol. The van der Waals surface area contributed by atoms with E-state index in [-0.39, 0.29) is 0 Å². The lowest BCUT2D eigenvalue weighted by molar-refractivity contribution is 0.760. The molecule has 3 unspecified atom stereocenters. The highest BCUT2D eigenvalue weighted by atomic mass is 127. The molecule has 1 aliphatic carbocycles. The highest BCUT2D eigenvalue weighted by Crippen LogP contribution is 2.43. The molecule has 1 heteroatoms. The lowest BCUT2D eigenvalue weighted by Gasteiger charge is -1.94. The third-order valence-electron chi connectivity index (χ3n) is 1.76. The van der Waals surface area contributed by atoms with Crippen LogP contribution in [0.2, 0.25) is 0 Å². The van der Waals surface area contributed by atoms with Crippen LogP contribution in [0.15, 0.2) is 0 Å². The van der Waals surface area contributed by atoms with Crippen molar-refractivity contribution in [2.45, 2.75) is 24.2 Å². The SMILES string of the molecule is CC(I)C1CC1C. The highest BCUT2D eigenvalue weighted by molar-refractivity contribution is 14.1. The van der Waals surface area contributed by atoms with Crippen LogP contribution in [0.25, 0.3) is 0 Å². The Morgan fingerprint density at radius 1 is 1.71 bits per heavy atom. The van der Waals surface area contributed by atoms with Gasteiger partial charge in [-0.2, -0.15) is 0 Å². The number of rotatable bonds is 1. The minimum absolute atomic E-state index is 0.910. The van der Waals surface area contributed by atoms with Gasteiger partial charge in [-0.05, 0) is 18.3 Å². The van der Waals surface area contributed by atoms with Gasteiger partial charge in [0.15, 0.2) is 0 Å². The van der Waals surface area contributed by atoms with Gasteiger partial charge in [0.25, 0.3) is 0 Å². The van der Waals surface area contributed by atoms with Crippen molar-refractivity contribution in [3.63, 3.8) is 0 Å². The van der Waals surface area contributed by atoms with Crippen molar-refractivity contribution < 1.29 is 0 Å². The van der Waals surface area contributed by atoms with Crippen molar-refractivity contribution in [1.29, 1.82) is 0 Å². The minimum Gasteiger partial charge on any atom is -0.0826 e. The summed E-state index contributed by atoms with van der Waals surface area (Å²) in [7, 11) is 0. The van der Waals surface area contributed by atoms with Gasteiger partial charge < -0.3 is 0 Å². The molecular formula is C6H11I. The Kier molecular flexibility index (Phi) is 1.61. The molecule has 1 aliphatic rings. The molecule has 0 radical (unpaired) electrons. The van der Waals surface area contributed by atoms with Gasteiger partial charge in [-0.15, -0.1) is 0 Å². The second-order valence-electron chi connectivity index (χ2n) is 2.55. The van der Waals surface area contributed by atoms with E-state index in [9.17, 15) is 0 Å². The van der Waals surface area contributed by atoms with Crippen molar-refractivity contribution in [2.24, 2.45) is 11.8 Å². The van der Waals surface area contributed by atoms with Gasteiger partial charge in [-0.25, -0.2) is 0 Å². The quantitative estimate of drug-likeness (QED) is 0.460. The summed E-state index contributed by atoms with van der Waals surface area (Å²) in [5.74, 6) is 2.09. The van der Waals surface area contributed by atoms with Gasteiger partial charge in [-0.3, -0.25) is 0 Å². The Labute approximate surface area is 58.8 Å². The molecule has 0 spiro atoms. The Bertz CT molecular complexity index is 68.6. The van der Waals surface area contributed by atoms with E-state index in [0.717, 1.165) is 15.8 Å². The first kappa shape index (κ1) is 5.86. The maximum absolute atomic E-state index is 2.51. The standard InChI is InChI=1S/C6H11I/c1-4-3-6(4)5(2)7/h4-6H,3H2,1-2H3. The van der Waals surface area contributed by atoms with E-state index in [1.165, 1.54) is 6.42 Å². The molecule has 1 saturated carbocycles. The van der Waals surface area contributed by atoms with E-state index in [2.05, 4.69) is 36.4 Å². The van der Waals surface area contributed by atoms with Crippen molar-refractivity contribution in [1.82, 2.24) is 0 Å². The Morgan fingerprint density at radius 2 is 2.14 bits per heavy atom. The molecule has 0 nitrogen and oxygen atoms in total. The molecule has 0 aliphatic heterocycles. The zero-order chi connectivity index (χ0) is 5.44.